The highest BCUT2D eigenvalue weighted by molar-refractivity contribution is 5.46. The second-order valence-electron chi connectivity index (χ2n) is 4.48. The topological polar surface area (TPSA) is 47.7 Å². The molecule has 0 radical (unpaired) electrons. The quantitative estimate of drug-likeness (QED) is 0.940. The van der Waals surface area contributed by atoms with Crippen LogP contribution in [0.2, 0.25) is 0 Å². The van der Waals surface area contributed by atoms with Gasteiger partial charge in [-0.15, -0.1) is 0 Å². The number of hydrogen-bond donors (Lipinski definition) is 1. The van der Waals surface area contributed by atoms with Crippen LogP contribution in [0.1, 0.15) is 23.9 Å². The van der Waals surface area contributed by atoms with Crippen LogP contribution < -0.4 is 5.32 Å². The van der Waals surface area contributed by atoms with Crippen LogP contribution in [0.5, 0.6) is 0 Å². The van der Waals surface area contributed by atoms with Crippen molar-refractivity contribution in [2.24, 2.45) is 7.05 Å². The highest BCUT2D eigenvalue weighted by Gasteiger charge is 2.37. The lowest BCUT2D eigenvalue weighted by molar-refractivity contribution is -0.144. The second kappa shape index (κ2) is 5.18. The minimum absolute atomic E-state index is 0.0545. The number of halogens is 3. The van der Waals surface area contributed by atoms with Gasteiger partial charge in [-0.1, -0.05) is 0 Å². The third kappa shape index (κ3) is 2.78. The summed E-state index contributed by atoms with van der Waals surface area (Å²) in [6.45, 7) is 4.52. The Morgan fingerprint density at radius 3 is 2.60 bits per heavy atom. The average molecular weight is 287 g/mol. The lowest BCUT2D eigenvalue weighted by Crippen LogP contribution is -2.15. The van der Waals surface area contributed by atoms with Crippen LogP contribution in [-0.2, 0) is 26.3 Å². The zero-order valence-electron chi connectivity index (χ0n) is 11.5. The Labute approximate surface area is 114 Å². The molecular formula is C12H16F3N5. The van der Waals surface area contributed by atoms with Gasteiger partial charge in [0.2, 0.25) is 0 Å². The summed E-state index contributed by atoms with van der Waals surface area (Å²) >= 11 is 0. The molecule has 1 N–H and O–H groups in total. The van der Waals surface area contributed by atoms with E-state index in [0.29, 0.717) is 6.54 Å². The van der Waals surface area contributed by atoms with Gasteiger partial charge in [0.1, 0.15) is 5.69 Å². The van der Waals surface area contributed by atoms with E-state index in [1.165, 1.54) is 13.2 Å². The Morgan fingerprint density at radius 1 is 1.35 bits per heavy atom. The van der Waals surface area contributed by atoms with Crippen molar-refractivity contribution in [3.63, 3.8) is 0 Å². The highest BCUT2D eigenvalue weighted by atomic mass is 19.4. The smallest absolute Gasteiger partial charge is 0.378 e. The van der Waals surface area contributed by atoms with Crippen molar-refractivity contribution in [3.8, 4) is 0 Å². The third-order valence-corrected chi connectivity index (χ3v) is 3.02. The Kier molecular flexibility index (Phi) is 3.74. The van der Waals surface area contributed by atoms with Gasteiger partial charge in [-0.3, -0.25) is 9.36 Å². The van der Waals surface area contributed by atoms with Gasteiger partial charge in [-0.05, 0) is 13.8 Å². The van der Waals surface area contributed by atoms with Crippen molar-refractivity contribution in [2.45, 2.75) is 33.1 Å². The first-order chi connectivity index (χ1) is 9.32. The summed E-state index contributed by atoms with van der Waals surface area (Å²) in [5.74, 6) is 0. The molecule has 0 saturated heterocycles. The number of nitrogens with one attached hydrogen (secondary N) is 1. The van der Waals surface area contributed by atoms with Gasteiger partial charge in [0.25, 0.3) is 0 Å². The molecule has 0 aliphatic heterocycles. The SMILES string of the molecule is CCn1cc(NCc2cnn(C)c2C(F)(F)F)c(C)n1. The van der Waals surface area contributed by atoms with Gasteiger partial charge in [0.05, 0.1) is 17.6 Å². The van der Waals surface area contributed by atoms with Gasteiger partial charge >= 0.3 is 6.18 Å². The number of aromatic nitrogens is 4. The molecule has 0 bridgehead atoms. The summed E-state index contributed by atoms with van der Waals surface area (Å²) in [6.07, 6.45) is -1.40. The zero-order chi connectivity index (χ0) is 14.9. The van der Waals surface area contributed by atoms with E-state index < -0.39 is 11.9 Å². The zero-order valence-corrected chi connectivity index (χ0v) is 11.5. The molecule has 2 aromatic heterocycles. The minimum atomic E-state index is -4.41. The Morgan fingerprint density at radius 2 is 2.05 bits per heavy atom. The number of rotatable bonds is 4. The van der Waals surface area contributed by atoms with E-state index in [-0.39, 0.29) is 12.1 Å². The van der Waals surface area contributed by atoms with Gasteiger partial charge in [0, 0.05) is 31.9 Å². The first kappa shape index (κ1) is 14.4. The van der Waals surface area contributed by atoms with E-state index in [1.54, 1.807) is 10.9 Å². The van der Waals surface area contributed by atoms with Gasteiger partial charge in [0.15, 0.2) is 0 Å². The highest BCUT2D eigenvalue weighted by Crippen LogP contribution is 2.31. The molecule has 110 valence electrons. The van der Waals surface area contributed by atoms with Crippen molar-refractivity contribution >= 4 is 5.69 Å². The number of nitrogens with zero attached hydrogens (tertiary/aromatic N) is 4. The van der Waals surface area contributed by atoms with E-state index in [9.17, 15) is 13.2 Å². The molecule has 5 nitrogen and oxygen atoms in total. The third-order valence-electron chi connectivity index (χ3n) is 3.02. The van der Waals surface area contributed by atoms with Crippen molar-refractivity contribution in [1.29, 1.82) is 0 Å². The largest absolute Gasteiger partial charge is 0.433 e. The molecule has 0 aromatic carbocycles. The molecule has 8 heteroatoms. The van der Waals surface area contributed by atoms with E-state index in [0.717, 1.165) is 16.1 Å². The van der Waals surface area contributed by atoms with Gasteiger partial charge in [-0.2, -0.15) is 23.4 Å². The maximum absolute atomic E-state index is 12.9. The molecule has 0 aliphatic carbocycles. The number of anilines is 1. The summed E-state index contributed by atoms with van der Waals surface area (Å²) in [5, 5.41) is 10.9. The van der Waals surface area contributed by atoms with Crippen molar-refractivity contribution in [2.75, 3.05) is 5.32 Å². The molecule has 2 aromatic rings. The van der Waals surface area contributed by atoms with Crippen LogP contribution in [0.3, 0.4) is 0 Å². The molecule has 0 saturated carbocycles. The average Bonchev–Trinajstić information content (AvgIpc) is 2.89. The molecular weight excluding hydrogens is 271 g/mol. The molecule has 2 heterocycles. The number of aryl methyl sites for hydroxylation is 3. The Bertz CT molecular complexity index is 597. The standard InChI is InChI=1S/C12H16F3N5/c1-4-20-7-10(8(2)18-20)16-5-9-6-17-19(3)11(9)12(13,14)15/h6-7,16H,4-5H2,1-3H3. The summed E-state index contributed by atoms with van der Waals surface area (Å²) in [5.41, 5.74) is 0.863. The monoisotopic (exact) mass is 287 g/mol. The van der Waals surface area contributed by atoms with E-state index >= 15 is 0 Å². The lowest BCUT2D eigenvalue weighted by atomic mass is 10.2. The molecule has 0 amide bonds. The molecule has 0 atom stereocenters. The van der Waals surface area contributed by atoms with Crippen molar-refractivity contribution in [1.82, 2.24) is 19.6 Å². The maximum Gasteiger partial charge on any atom is 0.433 e. The molecule has 20 heavy (non-hydrogen) atoms. The first-order valence-corrected chi connectivity index (χ1v) is 6.19. The fourth-order valence-corrected chi connectivity index (χ4v) is 2.02. The Balaban J connectivity index is 2.17. The molecule has 0 aliphatic rings. The summed E-state index contributed by atoms with van der Waals surface area (Å²) in [4.78, 5) is 0. The fourth-order valence-electron chi connectivity index (χ4n) is 2.02. The molecule has 0 unspecified atom stereocenters. The molecule has 2 rings (SSSR count). The predicted octanol–water partition coefficient (Wildman–Crippen LogP) is 2.58. The number of alkyl halides is 3. The van der Waals surface area contributed by atoms with E-state index in [4.69, 9.17) is 0 Å². The minimum Gasteiger partial charge on any atom is -0.378 e. The van der Waals surface area contributed by atoms with Crippen LogP contribution in [0, 0.1) is 6.92 Å². The van der Waals surface area contributed by atoms with Crippen LogP contribution >= 0.6 is 0 Å². The number of hydrogen-bond acceptors (Lipinski definition) is 3. The summed E-state index contributed by atoms with van der Waals surface area (Å²) in [6, 6.07) is 0. The second-order valence-corrected chi connectivity index (χ2v) is 4.48. The van der Waals surface area contributed by atoms with Crippen molar-refractivity contribution < 1.29 is 13.2 Å². The summed E-state index contributed by atoms with van der Waals surface area (Å²) in [7, 11) is 1.28. The van der Waals surface area contributed by atoms with Crippen molar-refractivity contribution in [3.05, 3.63) is 29.3 Å². The van der Waals surface area contributed by atoms with Gasteiger partial charge < -0.3 is 5.32 Å². The van der Waals surface area contributed by atoms with E-state index in [1.807, 2.05) is 13.8 Å². The van der Waals surface area contributed by atoms with Crippen LogP contribution in [0.4, 0.5) is 18.9 Å². The van der Waals surface area contributed by atoms with Crippen LogP contribution in [0.15, 0.2) is 12.4 Å². The van der Waals surface area contributed by atoms with Gasteiger partial charge in [-0.25, -0.2) is 0 Å². The molecule has 0 fully saturated rings. The Hall–Kier alpha value is -1.99. The lowest BCUT2D eigenvalue weighted by Gasteiger charge is -2.10. The first-order valence-electron chi connectivity index (χ1n) is 6.19. The van der Waals surface area contributed by atoms with E-state index in [2.05, 4.69) is 15.5 Å². The summed E-state index contributed by atoms with van der Waals surface area (Å²) < 4.78 is 41.3. The predicted molar refractivity (Wildman–Crippen MR) is 68.2 cm³/mol. The molecule has 0 spiro atoms. The van der Waals surface area contributed by atoms with Crippen LogP contribution in [-0.4, -0.2) is 19.6 Å². The normalized spacial score (nSPS) is 11.9. The fraction of sp³-hybridized carbons (Fsp3) is 0.500. The maximum atomic E-state index is 12.9. The van der Waals surface area contributed by atoms with Crippen LogP contribution in [0.25, 0.3) is 0 Å².